The summed E-state index contributed by atoms with van der Waals surface area (Å²) in [6, 6.07) is 14.8. The minimum Gasteiger partial charge on any atom is -0.491 e. The molecule has 0 heterocycles. The number of anilines is 1. The molecule has 0 aromatic heterocycles. The second-order valence-corrected chi connectivity index (χ2v) is 8.32. The van der Waals surface area contributed by atoms with Gasteiger partial charge in [0.25, 0.3) is 0 Å². The number of ether oxygens (including phenoxy) is 1. The number of rotatable bonds is 10. The second kappa shape index (κ2) is 11.5. The van der Waals surface area contributed by atoms with Crippen molar-refractivity contribution in [2.24, 2.45) is 0 Å². The summed E-state index contributed by atoms with van der Waals surface area (Å²) in [5.41, 5.74) is 4.02. The van der Waals surface area contributed by atoms with Gasteiger partial charge in [-0.25, -0.2) is 9.18 Å². The molecule has 0 aliphatic rings. The van der Waals surface area contributed by atoms with Crippen molar-refractivity contribution in [2.75, 3.05) is 11.9 Å². The number of carbonyl (C=O) groups excluding carboxylic acids is 1. The van der Waals surface area contributed by atoms with E-state index in [2.05, 4.69) is 5.32 Å². The van der Waals surface area contributed by atoms with Crippen LogP contribution in [0.25, 0.3) is 11.1 Å². The molecule has 0 saturated carbocycles. The van der Waals surface area contributed by atoms with Crippen LogP contribution < -0.4 is 10.1 Å². The minimum absolute atomic E-state index is 0.0111. The van der Waals surface area contributed by atoms with Gasteiger partial charge in [0.1, 0.15) is 11.6 Å². The van der Waals surface area contributed by atoms with Crippen LogP contribution in [0.15, 0.2) is 54.6 Å². The molecule has 3 aromatic rings. The predicted molar refractivity (Wildman–Crippen MR) is 132 cm³/mol. The summed E-state index contributed by atoms with van der Waals surface area (Å²) in [7, 11) is 0. The average Bonchev–Trinajstić information content (AvgIpc) is 2.79. The van der Waals surface area contributed by atoms with Gasteiger partial charge in [-0.15, -0.1) is 0 Å². The molecular weight excluding hydrogens is 433 g/mol. The predicted octanol–water partition coefficient (Wildman–Crippen LogP) is 6.42. The SMILES string of the molecule is CCCOc1c(CCC)cc(-c2cc(F)ccc2C(=O)O)cc1NC(=O)Cc1ccc(C)cc1. The molecule has 0 saturated heterocycles. The lowest BCUT2D eigenvalue weighted by molar-refractivity contribution is -0.115. The van der Waals surface area contributed by atoms with Crippen molar-refractivity contribution in [3.05, 3.63) is 82.7 Å². The first-order valence-electron chi connectivity index (χ1n) is 11.5. The van der Waals surface area contributed by atoms with Crippen molar-refractivity contribution in [3.8, 4) is 16.9 Å². The van der Waals surface area contributed by atoms with Gasteiger partial charge in [-0.2, -0.15) is 0 Å². The zero-order valence-corrected chi connectivity index (χ0v) is 19.8. The monoisotopic (exact) mass is 463 g/mol. The minimum atomic E-state index is -1.15. The Kier molecular flexibility index (Phi) is 8.41. The first-order valence-corrected chi connectivity index (χ1v) is 11.5. The van der Waals surface area contributed by atoms with Gasteiger partial charge in [0.2, 0.25) is 5.91 Å². The van der Waals surface area contributed by atoms with E-state index in [-0.39, 0.29) is 23.5 Å². The van der Waals surface area contributed by atoms with Crippen LogP contribution in [-0.4, -0.2) is 23.6 Å². The quantitative estimate of drug-likeness (QED) is 0.364. The lowest BCUT2D eigenvalue weighted by Gasteiger charge is -2.19. The summed E-state index contributed by atoms with van der Waals surface area (Å²) < 4.78 is 20.1. The number of hydrogen-bond donors (Lipinski definition) is 2. The van der Waals surface area contributed by atoms with E-state index in [1.54, 1.807) is 6.07 Å². The Morgan fingerprint density at radius 2 is 1.74 bits per heavy atom. The van der Waals surface area contributed by atoms with E-state index in [0.29, 0.717) is 30.0 Å². The molecule has 3 aromatic carbocycles. The topological polar surface area (TPSA) is 75.6 Å². The first-order chi connectivity index (χ1) is 16.3. The average molecular weight is 464 g/mol. The summed E-state index contributed by atoms with van der Waals surface area (Å²) in [5, 5.41) is 12.6. The number of benzene rings is 3. The van der Waals surface area contributed by atoms with Crippen LogP contribution in [0.5, 0.6) is 5.75 Å². The molecule has 0 fully saturated rings. The Labute approximate surface area is 199 Å². The lowest BCUT2D eigenvalue weighted by Crippen LogP contribution is -2.16. The summed E-state index contributed by atoms with van der Waals surface area (Å²) in [6.07, 6.45) is 2.45. The molecule has 34 heavy (non-hydrogen) atoms. The van der Waals surface area contributed by atoms with Crippen LogP contribution in [0, 0.1) is 12.7 Å². The van der Waals surface area contributed by atoms with Gasteiger partial charge in [-0.3, -0.25) is 4.79 Å². The fourth-order valence-corrected chi connectivity index (χ4v) is 3.79. The number of halogens is 1. The Balaban J connectivity index is 2.07. The van der Waals surface area contributed by atoms with Gasteiger partial charge < -0.3 is 15.2 Å². The standard InChI is InChI=1S/C28H30FNO4/c1-4-6-20-15-21(24-17-22(29)11-12-23(24)28(32)33)16-25(27(20)34-13-5-2)30-26(31)14-19-9-7-18(3)8-10-19/h7-12,15-17H,4-6,13-14H2,1-3H3,(H,30,31)(H,32,33). The van der Waals surface area contributed by atoms with E-state index in [4.69, 9.17) is 4.74 Å². The van der Waals surface area contributed by atoms with Crippen LogP contribution in [-0.2, 0) is 17.6 Å². The van der Waals surface area contributed by atoms with E-state index in [9.17, 15) is 19.1 Å². The Bertz CT molecular complexity index is 1170. The van der Waals surface area contributed by atoms with Crippen LogP contribution in [0.2, 0.25) is 0 Å². The number of hydrogen-bond acceptors (Lipinski definition) is 3. The Morgan fingerprint density at radius 3 is 2.38 bits per heavy atom. The van der Waals surface area contributed by atoms with Gasteiger partial charge >= 0.3 is 5.97 Å². The Morgan fingerprint density at radius 1 is 1.00 bits per heavy atom. The third-order valence-electron chi connectivity index (χ3n) is 5.42. The highest BCUT2D eigenvalue weighted by atomic mass is 19.1. The molecule has 3 rings (SSSR count). The Hall–Kier alpha value is -3.67. The van der Waals surface area contributed by atoms with Crippen LogP contribution in [0.1, 0.15) is 53.7 Å². The molecule has 178 valence electrons. The molecule has 6 heteroatoms. The molecule has 5 nitrogen and oxygen atoms in total. The first kappa shape index (κ1) is 25.0. The highest BCUT2D eigenvalue weighted by molar-refractivity contribution is 5.98. The molecule has 0 unspecified atom stereocenters. The van der Waals surface area contributed by atoms with Gasteiger partial charge in [0, 0.05) is 0 Å². The van der Waals surface area contributed by atoms with E-state index in [1.165, 1.54) is 12.1 Å². The number of carboxylic acid groups (broad SMARTS) is 1. The summed E-state index contributed by atoms with van der Waals surface area (Å²) >= 11 is 0. The zero-order chi connectivity index (χ0) is 24.7. The van der Waals surface area contributed by atoms with E-state index in [1.807, 2.05) is 51.1 Å². The summed E-state index contributed by atoms with van der Waals surface area (Å²) in [4.78, 5) is 24.7. The third-order valence-corrected chi connectivity index (χ3v) is 5.42. The molecule has 0 spiro atoms. The smallest absolute Gasteiger partial charge is 0.336 e. The van der Waals surface area contributed by atoms with Crippen LogP contribution >= 0.6 is 0 Å². The molecule has 0 aliphatic heterocycles. The van der Waals surface area contributed by atoms with Crippen molar-refractivity contribution in [2.45, 2.75) is 46.5 Å². The molecule has 0 atom stereocenters. The van der Waals surface area contributed by atoms with Gasteiger partial charge in [0.05, 0.1) is 24.3 Å². The highest BCUT2D eigenvalue weighted by Crippen LogP contribution is 2.37. The maximum atomic E-state index is 14.1. The van der Waals surface area contributed by atoms with Crippen LogP contribution in [0.4, 0.5) is 10.1 Å². The molecule has 0 aliphatic carbocycles. The normalized spacial score (nSPS) is 10.7. The fourth-order valence-electron chi connectivity index (χ4n) is 3.79. The summed E-state index contributed by atoms with van der Waals surface area (Å²) in [5.74, 6) is -1.34. The van der Waals surface area contributed by atoms with Crippen molar-refractivity contribution in [1.29, 1.82) is 0 Å². The highest BCUT2D eigenvalue weighted by Gasteiger charge is 2.19. The number of carboxylic acids is 1. The third kappa shape index (κ3) is 6.22. The lowest BCUT2D eigenvalue weighted by atomic mass is 9.95. The number of nitrogens with one attached hydrogen (secondary N) is 1. The van der Waals surface area contributed by atoms with E-state index >= 15 is 0 Å². The number of amides is 1. The van der Waals surface area contributed by atoms with Crippen molar-refractivity contribution < 1.29 is 23.8 Å². The van der Waals surface area contributed by atoms with Crippen molar-refractivity contribution >= 4 is 17.6 Å². The van der Waals surface area contributed by atoms with E-state index < -0.39 is 11.8 Å². The summed E-state index contributed by atoms with van der Waals surface area (Å²) in [6.45, 7) is 6.48. The second-order valence-electron chi connectivity index (χ2n) is 8.32. The molecule has 1 amide bonds. The largest absolute Gasteiger partial charge is 0.491 e. The van der Waals surface area contributed by atoms with Crippen LogP contribution in [0.3, 0.4) is 0 Å². The molecule has 2 N–H and O–H groups in total. The van der Waals surface area contributed by atoms with Gasteiger partial charge in [0.15, 0.2) is 0 Å². The number of aryl methyl sites for hydroxylation is 2. The maximum absolute atomic E-state index is 14.1. The number of aromatic carboxylic acids is 1. The van der Waals surface area contributed by atoms with Crippen molar-refractivity contribution in [3.63, 3.8) is 0 Å². The van der Waals surface area contributed by atoms with Gasteiger partial charge in [-0.05, 0) is 72.4 Å². The van der Waals surface area contributed by atoms with Gasteiger partial charge in [-0.1, -0.05) is 50.1 Å². The zero-order valence-electron chi connectivity index (χ0n) is 19.8. The number of carbonyl (C=O) groups is 2. The fraction of sp³-hybridized carbons (Fsp3) is 0.286. The molecular formula is C28H30FNO4. The van der Waals surface area contributed by atoms with E-state index in [0.717, 1.165) is 35.6 Å². The molecule has 0 bridgehead atoms. The van der Waals surface area contributed by atoms with Crippen molar-refractivity contribution in [1.82, 2.24) is 0 Å². The molecule has 0 radical (unpaired) electrons. The maximum Gasteiger partial charge on any atom is 0.336 e.